The number of nitrogens with one attached hydrogen (secondary N) is 1. The van der Waals surface area contributed by atoms with Crippen LogP contribution < -0.4 is 0 Å². The summed E-state index contributed by atoms with van der Waals surface area (Å²) in [6.45, 7) is 1.98. The monoisotopic (exact) mass is 271 g/mol. The van der Waals surface area contributed by atoms with Crippen LogP contribution in [-0.4, -0.2) is 41.6 Å². The van der Waals surface area contributed by atoms with E-state index in [1.165, 1.54) is 11.5 Å². The maximum Gasteiger partial charge on any atom is 0.313 e. The summed E-state index contributed by atoms with van der Waals surface area (Å²) in [5.74, 6) is -0.362. The van der Waals surface area contributed by atoms with E-state index in [1.807, 2.05) is 6.92 Å². The van der Waals surface area contributed by atoms with Crippen molar-refractivity contribution < 1.29 is 9.90 Å². The molecule has 0 aliphatic rings. The zero-order valence-electron chi connectivity index (χ0n) is 8.88. The number of aromatic amines is 1. The first-order valence-electron chi connectivity index (χ1n) is 4.79. The molecule has 2 aromatic rings. The molecule has 0 bridgehead atoms. The smallest absolute Gasteiger partial charge is 0.313 e. The van der Waals surface area contributed by atoms with Gasteiger partial charge in [-0.2, -0.15) is 0 Å². The lowest BCUT2D eigenvalue weighted by Gasteiger charge is -1.91. The molecular formula is C8H9N5O2S2. The van der Waals surface area contributed by atoms with Gasteiger partial charge in [-0.05, 0) is 18.0 Å². The number of aliphatic carboxylic acids is 1. The van der Waals surface area contributed by atoms with Crippen LogP contribution in [0.3, 0.4) is 0 Å². The fourth-order valence-electron chi connectivity index (χ4n) is 1.16. The van der Waals surface area contributed by atoms with E-state index in [0.717, 1.165) is 28.8 Å². The maximum atomic E-state index is 10.4. The van der Waals surface area contributed by atoms with E-state index in [-0.39, 0.29) is 5.75 Å². The van der Waals surface area contributed by atoms with Crippen LogP contribution in [0, 0.1) is 0 Å². The Bertz CT molecular complexity index is 523. The molecule has 0 radical (unpaired) electrons. The van der Waals surface area contributed by atoms with Gasteiger partial charge < -0.3 is 5.11 Å². The number of carboxylic acid groups (broad SMARTS) is 1. The first-order chi connectivity index (χ1) is 8.20. The normalized spacial score (nSPS) is 10.6. The van der Waals surface area contributed by atoms with Crippen LogP contribution in [0.15, 0.2) is 5.16 Å². The van der Waals surface area contributed by atoms with Crippen molar-refractivity contribution in [3.63, 3.8) is 0 Å². The fraction of sp³-hybridized carbons (Fsp3) is 0.375. The molecule has 0 aliphatic carbocycles. The average Bonchev–Trinajstić information content (AvgIpc) is 2.94. The third-order valence-corrected chi connectivity index (χ3v) is 3.50. The Hall–Kier alpha value is -1.48. The van der Waals surface area contributed by atoms with E-state index in [9.17, 15) is 4.79 Å². The summed E-state index contributed by atoms with van der Waals surface area (Å²) in [5, 5.41) is 19.6. The maximum absolute atomic E-state index is 10.4. The Kier molecular flexibility index (Phi) is 3.69. The van der Waals surface area contributed by atoms with Crippen LogP contribution in [-0.2, 0) is 11.2 Å². The molecule has 2 heterocycles. The van der Waals surface area contributed by atoms with Crippen LogP contribution in [0.4, 0.5) is 0 Å². The molecule has 0 fully saturated rings. The molecule has 17 heavy (non-hydrogen) atoms. The lowest BCUT2D eigenvalue weighted by Crippen LogP contribution is -1.97. The van der Waals surface area contributed by atoms with E-state index >= 15 is 0 Å². The predicted molar refractivity (Wildman–Crippen MR) is 63.0 cm³/mol. The van der Waals surface area contributed by atoms with Crippen molar-refractivity contribution in [1.82, 2.24) is 24.8 Å². The number of aryl methyl sites for hydroxylation is 1. The topological polar surface area (TPSA) is 105 Å². The third-order valence-electron chi connectivity index (χ3n) is 1.90. The third kappa shape index (κ3) is 2.80. The van der Waals surface area contributed by atoms with Gasteiger partial charge in [0.1, 0.15) is 4.88 Å². The Morgan fingerprint density at radius 1 is 1.59 bits per heavy atom. The fourth-order valence-corrected chi connectivity index (χ4v) is 2.37. The summed E-state index contributed by atoms with van der Waals surface area (Å²) in [5.41, 5.74) is 0.862. The Balaban J connectivity index is 2.15. The molecule has 0 aromatic carbocycles. The molecule has 90 valence electrons. The Morgan fingerprint density at radius 2 is 2.41 bits per heavy atom. The lowest BCUT2D eigenvalue weighted by molar-refractivity contribution is -0.133. The highest BCUT2D eigenvalue weighted by Crippen LogP contribution is 2.24. The quantitative estimate of drug-likeness (QED) is 0.783. The zero-order valence-corrected chi connectivity index (χ0v) is 10.5. The molecule has 0 unspecified atom stereocenters. The molecular weight excluding hydrogens is 262 g/mol. The largest absolute Gasteiger partial charge is 0.481 e. The van der Waals surface area contributed by atoms with E-state index < -0.39 is 5.97 Å². The molecule has 9 heteroatoms. The van der Waals surface area contributed by atoms with Gasteiger partial charge in [0.25, 0.3) is 0 Å². The van der Waals surface area contributed by atoms with E-state index in [4.69, 9.17) is 5.11 Å². The highest BCUT2D eigenvalue weighted by molar-refractivity contribution is 7.99. The van der Waals surface area contributed by atoms with Gasteiger partial charge in [0.2, 0.25) is 5.16 Å². The minimum atomic E-state index is -0.893. The average molecular weight is 271 g/mol. The van der Waals surface area contributed by atoms with Crippen molar-refractivity contribution in [2.45, 2.75) is 18.5 Å². The highest BCUT2D eigenvalue weighted by atomic mass is 32.2. The Labute approximate surface area is 105 Å². The minimum Gasteiger partial charge on any atom is -0.481 e. The molecule has 7 nitrogen and oxygen atoms in total. The molecule has 0 amide bonds. The molecule has 0 spiro atoms. The molecule has 0 saturated heterocycles. The highest BCUT2D eigenvalue weighted by Gasteiger charge is 2.14. The van der Waals surface area contributed by atoms with Gasteiger partial charge in [-0.3, -0.25) is 9.89 Å². The number of carboxylic acids is 1. The summed E-state index contributed by atoms with van der Waals surface area (Å²) in [6.07, 6.45) is 0.768. The van der Waals surface area contributed by atoms with Crippen LogP contribution in [0.25, 0.3) is 10.7 Å². The second kappa shape index (κ2) is 5.23. The summed E-state index contributed by atoms with van der Waals surface area (Å²) in [4.78, 5) is 15.4. The molecule has 2 rings (SSSR count). The number of H-pyrrole nitrogens is 1. The molecule has 2 N–H and O–H groups in total. The summed E-state index contributed by atoms with van der Waals surface area (Å²) in [6, 6.07) is 0. The zero-order chi connectivity index (χ0) is 12.3. The number of nitrogens with zero attached hydrogens (tertiary/aromatic N) is 4. The molecule has 2 aromatic heterocycles. The minimum absolute atomic E-state index is 0.0567. The first kappa shape index (κ1) is 12.0. The van der Waals surface area contributed by atoms with Gasteiger partial charge in [0, 0.05) is 0 Å². The van der Waals surface area contributed by atoms with Gasteiger partial charge in [-0.25, -0.2) is 4.98 Å². The van der Waals surface area contributed by atoms with Gasteiger partial charge in [-0.1, -0.05) is 23.2 Å². The summed E-state index contributed by atoms with van der Waals surface area (Å²) < 4.78 is 3.86. The standard InChI is InChI=1S/C8H9N5O2S2/c1-2-4-6(17-13-10-4)7-9-8(12-11-7)16-3-5(14)15/h2-3H2,1H3,(H,14,15)(H,9,11,12). The molecule has 0 atom stereocenters. The number of thioether (sulfide) groups is 1. The van der Waals surface area contributed by atoms with Crippen molar-refractivity contribution in [2.24, 2.45) is 0 Å². The first-order valence-corrected chi connectivity index (χ1v) is 6.55. The van der Waals surface area contributed by atoms with Crippen molar-refractivity contribution in [3.8, 4) is 10.7 Å². The van der Waals surface area contributed by atoms with Gasteiger partial charge in [0.15, 0.2) is 5.82 Å². The number of aromatic nitrogens is 5. The van der Waals surface area contributed by atoms with E-state index in [1.54, 1.807) is 0 Å². The second-order valence-electron chi connectivity index (χ2n) is 3.05. The van der Waals surface area contributed by atoms with Crippen LogP contribution in [0.5, 0.6) is 0 Å². The van der Waals surface area contributed by atoms with Gasteiger partial charge in [-0.15, -0.1) is 10.2 Å². The van der Waals surface area contributed by atoms with Crippen molar-refractivity contribution in [2.75, 3.05) is 5.75 Å². The second-order valence-corrected chi connectivity index (χ2v) is 4.75. The summed E-state index contributed by atoms with van der Waals surface area (Å²) >= 11 is 2.32. The SMILES string of the molecule is CCc1nnsc1-c1nc(SCC(=O)O)n[nH]1. The van der Waals surface area contributed by atoms with Crippen LogP contribution in [0.2, 0.25) is 0 Å². The number of hydrogen-bond acceptors (Lipinski definition) is 7. The lowest BCUT2D eigenvalue weighted by atomic mass is 10.3. The van der Waals surface area contributed by atoms with Crippen LogP contribution in [0.1, 0.15) is 12.6 Å². The van der Waals surface area contributed by atoms with E-state index in [2.05, 4.69) is 24.8 Å². The molecule has 0 aliphatic heterocycles. The van der Waals surface area contributed by atoms with Gasteiger partial charge >= 0.3 is 5.97 Å². The Morgan fingerprint density at radius 3 is 3.12 bits per heavy atom. The van der Waals surface area contributed by atoms with Crippen LogP contribution >= 0.6 is 23.3 Å². The van der Waals surface area contributed by atoms with Gasteiger partial charge in [0.05, 0.1) is 11.4 Å². The molecule has 0 saturated carbocycles. The van der Waals surface area contributed by atoms with E-state index in [0.29, 0.717) is 11.0 Å². The predicted octanol–water partition coefficient (Wildman–Crippen LogP) is 1.06. The summed E-state index contributed by atoms with van der Waals surface area (Å²) in [7, 11) is 0. The number of hydrogen-bond donors (Lipinski definition) is 2. The number of carbonyl (C=O) groups is 1. The van der Waals surface area contributed by atoms with Crippen molar-refractivity contribution in [3.05, 3.63) is 5.69 Å². The number of rotatable bonds is 5. The van der Waals surface area contributed by atoms with Crippen molar-refractivity contribution in [1.29, 1.82) is 0 Å². The van der Waals surface area contributed by atoms with Crippen molar-refractivity contribution >= 4 is 29.3 Å².